The number of carbonyl (C=O) groups is 1. The zero-order chi connectivity index (χ0) is 31.3. The molecule has 1 aromatic carbocycles. The lowest BCUT2D eigenvalue weighted by atomic mass is 9.94. The SMILES string of the molecule is CCCCCCCc1cnc(-c2ccc(C(=O)OCC(F)(F)C(F)(F)C(F)(F)C(F)(F)C(F)(F)C(F)F)cc2)nc1. The van der Waals surface area contributed by atoms with Gasteiger partial charge in [-0.25, -0.2) is 23.5 Å². The molecule has 0 bridgehead atoms. The molecule has 0 aliphatic heterocycles. The minimum Gasteiger partial charge on any atom is -0.455 e. The second kappa shape index (κ2) is 12.8. The molecule has 0 aliphatic carbocycles. The third-order valence-electron chi connectivity index (χ3n) is 5.98. The molecule has 2 aromatic rings. The van der Waals surface area contributed by atoms with Crippen LogP contribution in [0.1, 0.15) is 54.9 Å². The molecule has 0 aliphatic rings. The van der Waals surface area contributed by atoms with Crippen LogP contribution in [0.15, 0.2) is 36.7 Å². The second-order valence-electron chi connectivity index (χ2n) is 9.08. The van der Waals surface area contributed by atoms with Crippen molar-refractivity contribution in [1.82, 2.24) is 9.97 Å². The summed E-state index contributed by atoms with van der Waals surface area (Å²) in [7, 11) is 0. The van der Waals surface area contributed by atoms with Crippen LogP contribution < -0.4 is 0 Å². The maximum absolute atomic E-state index is 13.9. The van der Waals surface area contributed by atoms with Gasteiger partial charge in [-0.05, 0) is 30.5 Å². The summed E-state index contributed by atoms with van der Waals surface area (Å²) < 4.78 is 163. The molecule has 1 heterocycles. The molecule has 41 heavy (non-hydrogen) atoms. The molecular formula is C25H24F12N2O2. The highest BCUT2D eigenvalue weighted by Crippen LogP contribution is 2.58. The van der Waals surface area contributed by atoms with E-state index in [-0.39, 0.29) is 5.82 Å². The largest absolute Gasteiger partial charge is 0.455 e. The molecule has 0 atom stereocenters. The Bertz CT molecular complexity index is 1140. The lowest BCUT2D eigenvalue weighted by molar-refractivity contribution is -0.414. The maximum atomic E-state index is 13.9. The average Bonchev–Trinajstić information content (AvgIpc) is 2.91. The van der Waals surface area contributed by atoms with Crippen LogP contribution in [0.2, 0.25) is 0 Å². The minimum atomic E-state index is -7.69. The van der Waals surface area contributed by atoms with Crippen molar-refractivity contribution >= 4 is 5.97 Å². The minimum absolute atomic E-state index is 0.189. The van der Waals surface area contributed by atoms with E-state index in [1.807, 2.05) is 0 Å². The molecule has 0 radical (unpaired) electrons. The zero-order valence-corrected chi connectivity index (χ0v) is 21.2. The van der Waals surface area contributed by atoms with Gasteiger partial charge in [0.25, 0.3) is 0 Å². The first-order valence-corrected chi connectivity index (χ1v) is 12.1. The Hall–Kier alpha value is -3.07. The van der Waals surface area contributed by atoms with Gasteiger partial charge in [-0.3, -0.25) is 0 Å². The number of esters is 1. The lowest BCUT2D eigenvalue weighted by Crippen LogP contribution is -2.69. The van der Waals surface area contributed by atoms with Crippen LogP contribution in [0.3, 0.4) is 0 Å². The molecular weight excluding hydrogens is 588 g/mol. The first-order valence-electron chi connectivity index (χ1n) is 12.1. The van der Waals surface area contributed by atoms with E-state index in [1.54, 1.807) is 12.4 Å². The van der Waals surface area contributed by atoms with E-state index in [2.05, 4.69) is 21.6 Å². The Labute approximate surface area is 226 Å². The number of hydrogen-bond acceptors (Lipinski definition) is 4. The molecule has 0 amide bonds. The van der Waals surface area contributed by atoms with Crippen LogP contribution in [-0.4, -0.2) is 58.6 Å². The van der Waals surface area contributed by atoms with Crippen molar-refractivity contribution in [2.24, 2.45) is 0 Å². The van der Waals surface area contributed by atoms with Crippen LogP contribution >= 0.6 is 0 Å². The van der Waals surface area contributed by atoms with E-state index in [9.17, 15) is 57.5 Å². The molecule has 4 nitrogen and oxygen atoms in total. The fourth-order valence-corrected chi connectivity index (χ4v) is 3.42. The van der Waals surface area contributed by atoms with Crippen LogP contribution in [0.25, 0.3) is 11.4 Å². The molecule has 1 aromatic heterocycles. The van der Waals surface area contributed by atoms with Crippen molar-refractivity contribution in [2.75, 3.05) is 6.61 Å². The van der Waals surface area contributed by atoms with Crippen molar-refractivity contribution in [3.8, 4) is 11.4 Å². The van der Waals surface area contributed by atoms with Gasteiger partial charge in [-0.2, -0.15) is 43.9 Å². The summed E-state index contributed by atoms with van der Waals surface area (Å²) in [5.41, 5.74) is 0.595. The molecule has 230 valence electrons. The monoisotopic (exact) mass is 612 g/mol. The number of aromatic nitrogens is 2. The highest BCUT2D eigenvalue weighted by Gasteiger charge is 2.87. The molecule has 16 heteroatoms. The van der Waals surface area contributed by atoms with Crippen molar-refractivity contribution in [3.63, 3.8) is 0 Å². The van der Waals surface area contributed by atoms with Gasteiger partial charge in [0, 0.05) is 18.0 Å². The van der Waals surface area contributed by atoms with Gasteiger partial charge in [0.15, 0.2) is 12.4 Å². The van der Waals surface area contributed by atoms with Gasteiger partial charge in [-0.15, -0.1) is 0 Å². The van der Waals surface area contributed by atoms with Crippen LogP contribution in [0.4, 0.5) is 52.7 Å². The van der Waals surface area contributed by atoms with E-state index in [4.69, 9.17) is 0 Å². The van der Waals surface area contributed by atoms with E-state index < -0.39 is 54.2 Å². The molecule has 0 spiro atoms. The first kappa shape index (κ1) is 34.1. The van der Waals surface area contributed by atoms with E-state index in [1.165, 1.54) is 12.1 Å². The summed E-state index contributed by atoms with van der Waals surface area (Å²) in [5.74, 6) is -37.8. The zero-order valence-electron chi connectivity index (χ0n) is 21.2. The summed E-state index contributed by atoms with van der Waals surface area (Å²) >= 11 is 0. The summed E-state index contributed by atoms with van der Waals surface area (Å²) in [6.45, 7) is -0.884. The molecule has 0 saturated heterocycles. The number of nitrogens with zero attached hydrogens (tertiary/aromatic N) is 2. The summed E-state index contributed by atoms with van der Waals surface area (Å²) in [4.78, 5) is 20.3. The number of carbonyl (C=O) groups excluding carboxylic acids is 1. The molecule has 0 unspecified atom stereocenters. The smallest absolute Gasteiger partial charge is 0.384 e. The number of alkyl halides is 12. The fourth-order valence-electron chi connectivity index (χ4n) is 3.42. The molecule has 0 N–H and O–H groups in total. The molecule has 2 rings (SSSR count). The number of rotatable bonds is 15. The maximum Gasteiger partial charge on any atom is 0.384 e. The summed E-state index contributed by atoms with van der Waals surface area (Å²) in [6, 6.07) is 4.27. The first-order chi connectivity index (χ1) is 18.8. The van der Waals surface area contributed by atoms with Crippen molar-refractivity contribution < 1.29 is 62.2 Å². The van der Waals surface area contributed by atoms with Gasteiger partial charge in [-0.1, -0.05) is 44.7 Å². The predicted octanol–water partition coefficient (Wildman–Crippen LogP) is 8.25. The van der Waals surface area contributed by atoms with E-state index >= 15 is 0 Å². The molecule has 0 fully saturated rings. The lowest BCUT2D eigenvalue weighted by Gasteiger charge is -2.38. The normalized spacial score (nSPS) is 13.5. The highest BCUT2D eigenvalue weighted by atomic mass is 19.4. The van der Waals surface area contributed by atoms with Crippen LogP contribution in [0.5, 0.6) is 0 Å². The Kier molecular flexibility index (Phi) is 10.7. The van der Waals surface area contributed by atoms with Crippen molar-refractivity contribution in [2.45, 2.75) is 81.5 Å². The standard InChI is InChI=1S/C25H24F12N2O2/c1-2-3-4-5-6-7-15-12-38-18(39-13-15)16-8-10-17(11-9-16)19(40)41-14-21(28,29)23(32,33)25(36,37)24(34,35)22(30,31)20(26)27/h8-13,20H,2-7,14H2,1H3. The Morgan fingerprint density at radius 1 is 0.780 bits per heavy atom. The van der Waals surface area contributed by atoms with Crippen LogP contribution in [-0.2, 0) is 11.2 Å². The van der Waals surface area contributed by atoms with Gasteiger partial charge >= 0.3 is 42.0 Å². The third kappa shape index (κ3) is 7.05. The van der Waals surface area contributed by atoms with Crippen molar-refractivity contribution in [1.29, 1.82) is 0 Å². The fraction of sp³-hybridized carbons (Fsp3) is 0.560. The number of benzene rings is 1. The summed E-state index contributed by atoms with van der Waals surface area (Å²) in [6.07, 6.45) is 3.61. The number of hydrogen-bond donors (Lipinski definition) is 0. The van der Waals surface area contributed by atoms with E-state index in [0.29, 0.717) is 5.56 Å². The van der Waals surface area contributed by atoms with Gasteiger partial charge < -0.3 is 4.74 Å². The predicted molar refractivity (Wildman–Crippen MR) is 121 cm³/mol. The topological polar surface area (TPSA) is 52.1 Å². The second-order valence-corrected chi connectivity index (χ2v) is 9.08. The number of unbranched alkanes of at least 4 members (excludes halogenated alkanes) is 4. The Morgan fingerprint density at radius 3 is 1.83 bits per heavy atom. The third-order valence-corrected chi connectivity index (χ3v) is 5.98. The van der Waals surface area contributed by atoms with Crippen molar-refractivity contribution in [3.05, 3.63) is 47.8 Å². The highest BCUT2D eigenvalue weighted by molar-refractivity contribution is 5.90. The van der Waals surface area contributed by atoms with Gasteiger partial charge in [0.1, 0.15) is 0 Å². The summed E-state index contributed by atoms with van der Waals surface area (Å²) in [5, 5.41) is 0. The Morgan fingerprint density at radius 2 is 1.32 bits per heavy atom. The van der Waals surface area contributed by atoms with Gasteiger partial charge in [0.2, 0.25) is 0 Å². The van der Waals surface area contributed by atoms with Gasteiger partial charge in [0.05, 0.1) is 5.56 Å². The number of halogens is 12. The number of ether oxygens (including phenoxy) is 1. The quantitative estimate of drug-likeness (QED) is 0.116. The average molecular weight is 612 g/mol. The van der Waals surface area contributed by atoms with E-state index in [0.717, 1.165) is 56.2 Å². The molecule has 0 saturated carbocycles. The Balaban J connectivity index is 2.07. The number of aryl methyl sites for hydroxylation is 1. The van der Waals surface area contributed by atoms with Crippen LogP contribution in [0, 0.1) is 0 Å².